The molecule has 0 atom stereocenters. The van der Waals surface area contributed by atoms with Gasteiger partial charge in [0.1, 0.15) is 39.3 Å². The van der Waals surface area contributed by atoms with E-state index in [0.29, 0.717) is 39.6 Å². The monoisotopic (exact) mass is 692 g/mol. The molecule has 0 unspecified atom stereocenters. The number of hydrogen-bond acceptors (Lipinski definition) is 6. The quantitative estimate of drug-likeness (QED) is 0.257. The van der Waals surface area contributed by atoms with Crippen molar-refractivity contribution < 1.29 is 106 Å². The number of nitrogens with one attached hydrogen (secondary N) is 2. The van der Waals surface area contributed by atoms with Crippen LogP contribution in [0.1, 0.15) is 51.4 Å². The molecule has 251 valence electrons. The van der Waals surface area contributed by atoms with Crippen LogP contribution < -0.4 is 61.2 Å². The van der Waals surface area contributed by atoms with E-state index < -0.39 is 0 Å². The van der Waals surface area contributed by atoms with Crippen molar-refractivity contribution in [2.45, 2.75) is 51.4 Å². The van der Waals surface area contributed by atoms with Gasteiger partial charge in [-0.1, -0.05) is 48.6 Å². The first kappa shape index (κ1) is 44.8. The molecule has 5 rings (SSSR count). The van der Waals surface area contributed by atoms with E-state index in [1.165, 1.54) is 61.2 Å². The van der Waals surface area contributed by atoms with Crippen LogP contribution >= 0.6 is 0 Å². The van der Waals surface area contributed by atoms with Gasteiger partial charge in [0.15, 0.2) is 0 Å². The first-order valence-electron chi connectivity index (χ1n) is 16.7. The third kappa shape index (κ3) is 30.1. The first-order valence-corrected chi connectivity index (χ1v) is 16.7. The largest absolute Gasteiger partial charge is 1.00 e. The molecule has 0 amide bonds. The zero-order valence-corrected chi connectivity index (χ0v) is 32.0. The van der Waals surface area contributed by atoms with E-state index >= 15 is 0 Å². The summed E-state index contributed by atoms with van der Waals surface area (Å²) in [6, 6.07) is 0. The molecular weight excluding hydrogens is 630 g/mol. The number of quaternary nitrogens is 2. The maximum atomic E-state index is 5.73. The van der Waals surface area contributed by atoms with Crippen molar-refractivity contribution in [2.24, 2.45) is 0 Å². The number of ether oxygens (including phenoxy) is 6. The molecule has 2 aliphatic carbocycles. The van der Waals surface area contributed by atoms with Gasteiger partial charge in [0.2, 0.25) is 0 Å². The van der Waals surface area contributed by atoms with Gasteiger partial charge in [-0.15, -0.1) is 0 Å². The van der Waals surface area contributed by atoms with Crippen molar-refractivity contribution in [2.75, 3.05) is 119 Å². The fourth-order valence-corrected chi connectivity index (χ4v) is 4.73. The van der Waals surface area contributed by atoms with Crippen LogP contribution in [0.4, 0.5) is 0 Å². The summed E-state index contributed by atoms with van der Waals surface area (Å²) in [5.74, 6) is 0. The van der Waals surface area contributed by atoms with Crippen LogP contribution in [-0.4, -0.2) is 119 Å². The molecule has 44 heavy (non-hydrogen) atoms. The summed E-state index contributed by atoms with van der Waals surface area (Å²) >= 11 is 0. The first-order chi connectivity index (χ1) is 20.9. The minimum Gasteiger partial charge on any atom is -0.373 e. The Morgan fingerprint density at radius 1 is 0.273 bits per heavy atom. The van der Waals surface area contributed by atoms with Crippen molar-refractivity contribution >= 4 is 0 Å². The molecule has 1 radical (unpaired) electrons. The van der Waals surface area contributed by atoms with Crippen LogP contribution in [0.2, 0.25) is 0 Å². The van der Waals surface area contributed by atoms with Crippen molar-refractivity contribution in [3.8, 4) is 0 Å². The normalized spacial score (nSPS) is 28.2. The summed E-state index contributed by atoms with van der Waals surface area (Å²) in [5, 5.41) is 0. The Morgan fingerprint density at radius 2 is 0.432 bits per heavy atom. The second kappa shape index (κ2) is 36.6. The van der Waals surface area contributed by atoms with Crippen LogP contribution in [-0.2, 0) is 45.2 Å². The third-order valence-electron chi connectivity index (χ3n) is 7.38. The minimum absolute atomic E-state index is 0. The van der Waals surface area contributed by atoms with Gasteiger partial charge in [-0.2, -0.15) is 0 Å². The van der Waals surface area contributed by atoms with Crippen LogP contribution in [0.5, 0.6) is 0 Å². The molecule has 3 fully saturated rings. The second-order valence-corrected chi connectivity index (χ2v) is 10.9. The van der Waals surface area contributed by atoms with Gasteiger partial charge in [0, 0.05) is 16.8 Å². The van der Waals surface area contributed by atoms with E-state index in [2.05, 4.69) is 48.6 Å². The van der Waals surface area contributed by atoms with Crippen molar-refractivity contribution in [3.63, 3.8) is 0 Å². The minimum atomic E-state index is 0. The van der Waals surface area contributed by atoms with E-state index in [1.807, 2.05) is 0 Å². The maximum absolute atomic E-state index is 5.73. The predicted molar refractivity (Wildman–Crippen MR) is 170 cm³/mol. The molecule has 3 heterocycles. The van der Waals surface area contributed by atoms with Crippen LogP contribution in [0, 0.1) is 0 Å². The Hall–Kier alpha value is 0.783. The molecule has 0 saturated carbocycles. The van der Waals surface area contributed by atoms with Crippen LogP contribution in [0.15, 0.2) is 48.6 Å². The topological polar surface area (TPSA) is 64.3 Å². The van der Waals surface area contributed by atoms with E-state index in [-0.39, 0.29) is 68.2 Å². The third-order valence-corrected chi connectivity index (χ3v) is 7.38. The van der Waals surface area contributed by atoms with Gasteiger partial charge in [-0.25, -0.2) is 0 Å². The van der Waals surface area contributed by atoms with Crippen molar-refractivity contribution in [1.29, 1.82) is 0 Å². The molecule has 0 aromatic carbocycles. The smallest absolute Gasteiger partial charge is 0.373 e. The van der Waals surface area contributed by atoms with Gasteiger partial charge in [-0.3, -0.25) is 0 Å². The number of hydrogen-bond donors (Lipinski definition) is 2. The number of allylic oxidation sites excluding steroid dienone is 8. The molecule has 3 aliphatic heterocycles. The Labute approximate surface area is 321 Å². The fraction of sp³-hybridized carbons (Fsp3) is 0.765. The zero-order valence-electron chi connectivity index (χ0n) is 27.8. The van der Waals surface area contributed by atoms with E-state index in [1.54, 1.807) is 0 Å². The average Bonchev–Trinajstić information content (AvgIpc) is 2.95. The van der Waals surface area contributed by atoms with Crippen molar-refractivity contribution in [1.82, 2.24) is 0 Å². The zero-order chi connectivity index (χ0) is 29.4. The van der Waals surface area contributed by atoms with E-state index in [9.17, 15) is 0 Å². The van der Waals surface area contributed by atoms with Crippen LogP contribution in [0.3, 0.4) is 0 Å². The summed E-state index contributed by atoms with van der Waals surface area (Å²) in [5.41, 5.74) is 0. The van der Waals surface area contributed by atoms with Gasteiger partial charge in [0.25, 0.3) is 0 Å². The molecule has 0 spiro atoms. The van der Waals surface area contributed by atoms with Crippen molar-refractivity contribution in [3.05, 3.63) is 48.6 Å². The van der Waals surface area contributed by atoms with Gasteiger partial charge < -0.3 is 38.2 Å². The Kier molecular flexibility index (Phi) is 37.3. The summed E-state index contributed by atoms with van der Waals surface area (Å²) < 4.78 is 34.4. The molecule has 2 N–H and O–H groups in total. The molecule has 3 saturated heterocycles. The Balaban J connectivity index is 0.000000836. The summed E-state index contributed by atoms with van der Waals surface area (Å²) in [6.45, 7) is 14.1. The Bertz CT molecular complexity index is 556. The molecule has 2 bridgehead atoms. The standard InChI is InChI=1S/C18H36N2O6.2C8H12.Co.K/c1-7-21-13-14-24-10-4-20-5-11-25-17-15-22-8-2-19(1)3-9-23-16-18-26-12-6-20;2*1-2-4-6-8-7-5-3-1;;/h1-18H2;2*1-2,7-8H,3-6H2;;/q;;;;+1/p+2/b;2*2-1-,8-7-;;. The van der Waals surface area contributed by atoms with Gasteiger partial charge in [-0.05, 0) is 51.4 Å². The second-order valence-electron chi connectivity index (χ2n) is 10.9. The van der Waals surface area contributed by atoms with Gasteiger partial charge >= 0.3 is 51.4 Å². The average molecular weight is 693 g/mol. The molecule has 0 aromatic rings. The number of fused-ring (bicyclic) bond motifs is 21. The van der Waals surface area contributed by atoms with Crippen LogP contribution in [0.25, 0.3) is 0 Å². The molecule has 5 aliphatic rings. The van der Waals surface area contributed by atoms with E-state index in [0.717, 1.165) is 78.9 Å². The maximum Gasteiger partial charge on any atom is 1.00 e. The van der Waals surface area contributed by atoms with E-state index in [4.69, 9.17) is 28.4 Å². The Morgan fingerprint density at radius 3 is 0.591 bits per heavy atom. The predicted octanol–water partition coefficient (Wildman–Crippen LogP) is -0.770. The fourth-order valence-electron chi connectivity index (χ4n) is 4.73. The molecular formula is C34H62CoKN2O6+3. The molecule has 0 aromatic heterocycles. The molecule has 8 nitrogen and oxygen atoms in total. The number of rotatable bonds is 0. The summed E-state index contributed by atoms with van der Waals surface area (Å²) in [4.78, 5) is 2.88. The SMILES string of the molecule is C1=C\CC/C=C\CC/1.C1=C\CC/C=C\CC/1.C1COCC[NH+]2CCOCCOCC[NH+](CCO1)CCOCCOCC2.[Co].[K+]. The summed E-state index contributed by atoms with van der Waals surface area (Å²) in [7, 11) is 0. The summed E-state index contributed by atoms with van der Waals surface area (Å²) in [6.07, 6.45) is 28.0. The van der Waals surface area contributed by atoms with Gasteiger partial charge in [0.05, 0.1) is 79.3 Å². The molecule has 10 heteroatoms.